The van der Waals surface area contributed by atoms with Gasteiger partial charge in [0.05, 0.1) is 0 Å². The maximum Gasteiger partial charge on any atom is 0 e. The van der Waals surface area contributed by atoms with Crippen molar-refractivity contribution in [3.05, 3.63) is 0 Å². The topological polar surface area (TPSA) is 20.2 Å². The molecule has 0 aliphatic heterocycles. The monoisotopic (exact) mass is 266 g/mol. The Hall–Kier alpha value is 2.01. The molecule has 0 spiro atoms. The van der Waals surface area contributed by atoms with Crippen LogP contribution in [0, 0.1) is 0 Å². The Labute approximate surface area is 64.7 Å². The van der Waals surface area contributed by atoms with Crippen LogP contribution in [-0.2, 0) is 39.0 Å². The fourth-order valence-electron chi connectivity index (χ4n) is 0. The summed E-state index contributed by atoms with van der Waals surface area (Å²) in [5.41, 5.74) is 0. The minimum atomic E-state index is 0. The van der Waals surface area contributed by atoms with E-state index in [4.69, 9.17) is 3.44 Å². The molecule has 0 aliphatic rings. The van der Waals surface area contributed by atoms with Crippen LogP contribution in [0.25, 0.3) is 0 Å². The average Bonchev–Trinajstić information content (AvgIpc) is 1.00. The van der Waals surface area contributed by atoms with E-state index in [1.807, 2.05) is 0 Å². The van der Waals surface area contributed by atoms with Crippen LogP contribution in [0.5, 0.6) is 0 Å². The summed E-state index contributed by atoms with van der Waals surface area (Å²) in [6.45, 7) is 0. The molecule has 4 heavy (non-hydrogen) atoms. The third kappa shape index (κ3) is 9.00. The molecular weight excluding hydrogens is 265 g/mol. The third-order valence-corrected chi connectivity index (χ3v) is 0. The van der Waals surface area contributed by atoms with Gasteiger partial charge in [-0.3, -0.25) is 0 Å². The van der Waals surface area contributed by atoms with Crippen LogP contribution in [0.2, 0.25) is 0 Å². The van der Waals surface area contributed by atoms with Crippen molar-refractivity contribution in [1.82, 2.24) is 0 Å². The molecule has 0 heterocycles. The predicted octanol–water partition coefficient (Wildman–Crippen LogP) is -1.21. The first-order valence-corrected chi connectivity index (χ1v) is 1.73. The minimum Gasteiger partial charge on any atom is 0 e. The zero-order chi connectivity index (χ0) is 2.00. The van der Waals surface area contributed by atoms with Crippen LogP contribution in [-0.4, -0.2) is 26.4 Å². The molecule has 0 unspecified atom stereocenters. The van der Waals surface area contributed by atoms with Crippen molar-refractivity contribution in [1.29, 1.82) is 0 Å². The van der Waals surface area contributed by atoms with Crippen molar-refractivity contribution in [3.63, 3.8) is 0 Å². The molecular formula is H2OSnZn2. The summed E-state index contributed by atoms with van der Waals surface area (Å²) < 4.78 is 7.13. The van der Waals surface area contributed by atoms with E-state index in [0.29, 0.717) is 22.9 Å². The molecule has 0 bridgehead atoms. The molecule has 0 atom stereocenters. The normalized spacial score (nSPS) is 1.50. The van der Waals surface area contributed by atoms with E-state index < -0.39 is 0 Å². The summed E-state index contributed by atoms with van der Waals surface area (Å²) in [4.78, 5) is 0. The van der Waals surface area contributed by atoms with Crippen molar-refractivity contribution in [2.75, 3.05) is 0 Å². The Morgan fingerprint density at radius 1 is 1.00 bits per heavy atom. The van der Waals surface area contributed by atoms with Crippen molar-refractivity contribution < 1.29 is 42.4 Å². The maximum atomic E-state index is 7.13. The second-order valence-corrected chi connectivity index (χ2v) is 0. The van der Waals surface area contributed by atoms with E-state index in [1.54, 1.807) is 0 Å². The SMILES string of the molecule is [OH][SnH].[Zn].[Zn]. The van der Waals surface area contributed by atoms with Gasteiger partial charge < -0.3 is 0 Å². The van der Waals surface area contributed by atoms with E-state index in [9.17, 15) is 0 Å². The fourth-order valence-corrected chi connectivity index (χ4v) is 0. The second-order valence-electron chi connectivity index (χ2n) is 0. The number of rotatable bonds is 0. The molecule has 2 radical (unpaired) electrons. The van der Waals surface area contributed by atoms with Crippen LogP contribution in [0.3, 0.4) is 0 Å². The molecule has 0 amide bonds. The molecule has 0 aromatic heterocycles. The molecule has 1 N–H and O–H groups in total. The van der Waals surface area contributed by atoms with E-state index in [2.05, 4.69) is 0 Å². The molecule has 0 saturated heterocycles. The van der Waals surface area contributed by atoms with E-state index in [-0.39, 0.29) is 39.0 Å². The molecule has 16 valence electrons. The number of hydrogen-bond donors (Lipinski definition) is 1. The van der Waals surface area contributed by atoms with Crippen LogP contribution < -0.4 is 0 Å². The maximum absolute atomic E-state index is 7.13. The zero-order valence-corrected chi connectivity index (χ0v) is 11.7. The summed E-state index contributed by atoms with van der Waals surface area (Å²) in [6.07, 6.45) is 0. The van der Waals surface area contributed by atoms with Crippen molar-refractivity contribution in [3.8, 4) is 0 Å². The molecule has 0 aliphatic carbocycles. The largest absolute Gasteiger partial charge is 0 e. The first-order valence-electron chi connectivity index (χ1n) is 0.258. The van der Waals surface area contributed by atoms with Gasteiger partial charge in [-0.15, -0.1) is 0 Å². The smallest absolute Gasteiger partial charge is 0 e. The fraction of sp³-hybridized carbons (Fsp3) is 0. The molecule has 1 nitrogen and oxygen atoms in total. The molecule has 0 aromatic rings. The van der Waals surface area contributed by atoms with Crippen LogP contribution in [0.4, 0.5) is 0 Å². The first kappa shape index (κ1) is 16.7. The van der Waals surface area contributed by atoms with Crippen LogP contribution in [0.1, 0.15) is 0 Å². The molecule has 0 fully saturated rings. The van der Waals surface area contributed by atoms with Crippen LogP contribution >= 0.6 is 0 Å². The summed E-state index contributed by atoms with van der Waals surface area (Å²) in [7, 11) is 0. The molecule has 4 heteroatoms. The molecule has 0 saturated carbocycles. The van der Waals surface area contributed by atoms with Gasteiger partial charge in [0.1, 0.15) is 0 Å². The first-order chi connectivity index (χ1) is 1.00. The Kier molecular flexibility index (Phi) is 83.2. The van der Waals surface area contributed by atoms with Gasteiger partial charge in [-0.1, -0.05) is 0 Å². The Balaban J connectivity index is -0.00000000500. The zero-order valence-electron chi connectivity index (χ0n) is 2.44. The number of hydrogen-bond acceptors (Lipinski definition) is 1. The predicted molar refractivity (Wildman–Crippen MR) is 9.37 cm³/mol. The standard InChI is InChI=1S/H2O.Sn.2Zn.H/h1H2;;;;/q;+1;;;/p-1. The van der Waals surface area contributed by atoms with Crippen molar-refractivity contribution in [2.24, 2.45) is 0 Å². The Morgan fingerprint density at radius 2 is 1.00 bits per heavy atom. The van der Waals surface area contributed by atoms with Crippen molar-refractivity contribution >= 4 is 22.9 Å². The van der Waals surface area contributed by atoms with Crippen molar-refractivity contribution in [2.45, 2.75) is 0 Å². The van der Waals surface area contributed by atoms with E-state index in [0.717, 1.165) is 0 Å². The van der Waals surface area contributed by atoms with Gasteiger partial charge in [0.25, 0.3) is 0 Å². The second kappa shape index (κ2) is 20.0. The van der Waals surface area contributed by atoms with Gasteiger partial charge in [-0.2, -0.15) is 0 Å². The Bertz CT molecular complexity index is 6.00. The van der Waals surface area contributed by atoms with E-state index >= 15 is 0 Å². The van der Waals surface area contributed by atoms with Gasteiger partial charge in [0.15, 0.2) is 0 Å². The van der Waals surface area contributed by atoms with Gasteiger partial charge in [0.2, 0.25) is 0 Å². The minimum absolute atomic E-state index is 0. The van der Waals surface area contributed by atoms with Gasteiger partial charge >= 0.3 is 26.4 Å². The summed E-state index contributed by atoms with van der Waals surface area (Å²) in [5.74, 6) is 0. The van der Waals surface area contributed by atoms with Crippen LogP contribution in [0.15, 0.2) is 0 Å². The summed E-state index contributed by atoms with van der Waals surface area (Å²) in [6, 6.07) is 0. The van der Waals surface area contributed by atoms with Gasteiger partial charge in [0, 0.05) is 39.0 Å². The Morgan fingerprint density at radius 3 is 1.00 bits per heavy atom. The molecule has 0 rings (SSSR count). The van der Waals surface area contributed by atoms with Gasteiger partial charge in [-0.25, -0.2) is 0 Å². The average molecular weight is 268 g/mol. The molecule has 0 aromatic carbocycles. The summed E-state index contributed by atoms with van der Waals surface area (Å²) in [5, 5.41) is 0. The summed E-state index contributed by atoms with van der Waals surface area (Å²) >= 11 is 0.350. The van der Waals surface area contributed by atoms with Gasteiger partial charge in [-0.05, 0) is 0 Å². The quantitative estimate of drug-likeness (QED) is 0.546. The third-order valence-electron chi connectivity index (χ3n) is 0. The van der Waals surface area contributed by atoms with E-state index in [1.165, 1.54) is 0 Å².